The highest BCUT2D eigenvalue weighted by Crippen LogP contribution is 2.10. The molecule has 2 N–H and O–H groups in total. The van der Waals surface area contributed by atoms with Crippen molar-refractivity contribution >= 4 is 5.91 Å². The van der Waals surface area contributed by atoms with Crippen molar-refractivity contribution in [3.05, 3.63) is 23.7 Å². The first-order chi connectivity index (χ1) is 7.79. The van der Waals surface area contributed by atoms with Gasteiger partial charge in [0.2, 0.25) is 0 Å². The van der Waals surface area contributed by atoms with Gasteiger partial charge in [0.1, 0.15) is 5.76 Å². The second-order valence-corrected chi connectivity index (χ2v) is 3.62. The van der Waals surface area contributed by atoms with Gasteiger partial charge in [-0.05, 0) is 19.0 Å². The van der Waals surface area contributed by atoms with Crippen LogP contribution < -0.4 is 10.6 Å². The van der Waals surface area contributed by atoms with E-state index in [2.05, 4.69) is 17.6 Å². The van der Waals surface area contributed by atoms with E-state index in [1.54, 1.807) is 12.3 Å². The lowest BCUT2D eigenvalue weighted by molar-refractivity contribution is 0.0952. The molecule has 1 rings (SSSR count). The van der Waals surface area contributed by atoms with Crippen molar-refractivity contribution in [3.8, 4) is 0 Å². The number of hydrogen-bond donors (Lipinski definition) is 2. The molecule has 1 aromatic rings. The van der Waals surface area contributed by atoms with Gasteiger partial charge >= 0.3 is 0 Å². The molecule has 0 fully saturated rings. The van der Waals surface area contributed by atoms with E-state index in [9.17, 15) is 4.79 Å². The predicted molar refractivity (Wildman–Crippen MR) is 63.6 cm³/mol. The fraction of sp³-hybridized carbons (Fsp3) is 0.583. The Morgan fingerprint density at radius 1 is 1.31 bits per heavy atom. The largest absolute Gasteiger partial charge is 0.469 e. The standard InChI is InChI=1S/C12H20N2O2/c1-3-6-13-7-8-14-12(15)10-5-9-16-11(10)4-2/h5,9,13H,3-4,6-8H2,1-2H3,(H,14,15). The Morgan fingerprint density at radius 2 is 2.12 bits per heavy atom. The number of aryl methyl sites for hydroxylation is 1. The molecule has 0 saturated heterocycles. The molecule has 0 atom stereocenters. The van der Waals surface area contributed by atoms with E-state index < -0.39 is 0 Å². The van der Waals surface area contributed by atoms with Crippen molar-refractivity contribution in [1.29, 1.82) is 0 Å². The number of carbonyl (C=O) groups is 1. The van der Waals surface area contributed by atoms with Gasteiger partial charge in [-0.1, -0.05) is 13.8 Å². The summed E-state index contributed by atoms with van der Waals surface area (Å²) in [5.74, 6) is 0.697. The van der Waals surface area contributed by atoms with E-state index in [1.807, 2.05) is 6.92 Å². The molecular formula is C12H20N2O2. The normalized spacial score (nSPS) is 10.4. The quantitative estimate of drug-likeness (QED) is 0.691. The molecule has 0 bridgehead atoms. The van der Waals surface area contributed by atoms with E-state index in [-0.39, 0.29) is 5.91 Å². The molecule has 0 aliphatic carbocycles. The van der Waals surface area contributed by atoms with E-state index in [0.717, 1.165) is 31.7 Å². The van der Waals surface area contributed by atoms with Crippen LogP contribution in [0.4, 0.5) is 0 Å². The maximum absolute atomic E-state index is 11.7. The molecule has 1 aromatic heterocycles. The van der Waals surface area contributed by atoms with Crippen LogP contribution in [-0.2, 0) is 6.42 Å². The summed E-state index contributed by atoms with van der Waals surface area (Å²) in [5, 5.41) is 6.08. The minimum atomic E-state index is -0.0519. The summed E-state index contributed by atoms with van der Waals surface area (Å²) in [4.78, 5) is 11.7. The maximum atomic E-state index is 11.7. The minimum Gasteiger partial charge on any atom is -0.469 e. The van der Waals surface area contributed by atoms with Crippen LogP contribution in [0.25, 0.3) is 0 Å². The highest BCUT2D eigenvalue weighted by molar-refractivity contribution is 5.95. The SMILES string of the molecule is CCCNCCNC(=O)c1ccoc1CC. The summed E-state index contributed by atoms with van der Waals surface area (Å²) in [5.41, 5.74) is 0.651. The Hall–Kier alpha value is -1.29. The molecule has 0 radical (unpaired) electrons. The Morgan fingerprint density at radius 3 is 2.81 bits per heavy atom. The zero-order valence-corrected chi connectivity index (χ0v) is 10.0. The Bertz CT molecular complexity index is 321. The fourth-order valence-corrected chi connectivity index (χ4v) is 1.48. The summed E-state index contributed by atoms with van der Waals surface area (Å²) in [6.45, 7) is 6.52. The third-order valence-electron chi connectivity index (χ3n) is 2.33. The second kappa shape index (κ2) is 7.06. The van der Waals surface area contributed by atoms with E-state index in [0.29, 0.717) is 12.1 Å². The number of hydrogen-bond acceptors (Lipinski definition) is 3. The molecule has 16 heavy (non-hydrogen) atoms. The highest BCUT2D eigenvalue weighted by Gasteiger charge is 2.11. The van der Waals surface area contributed by atoms with Crippen LogP contribution >= 0.6 is 0 Å². The second-order valence-electron chi connectivity index (χ2n) is 3.62. The maximum Gasteiger partial charge on any atom is 0.254 e. The molecule has 1 heterocycles. The Kier molecular flexibility index (Phi) is 5.64. The van der Waals surface area contributed by atoms with Crippen LogP contribution in [-0.4, -0.2) is 25.5 Å². The molecular weight excluding hydrogens is 204 g/mol. The van der Waals surface area contributed by atoms with Crippen LogP contribution in [0.3, 0.4) is 0 Å². The molecule has 0 aliphatic heterocycles. The predicted octanol–water partition coefficient (Wildman–Crippen LogP) is 1.57. The smallest absolute Gasteiger partial charge is 0.254 e. The zero-order valence-electron chi connectivity index (χ0n) is 10.0. The molecule has 0 saturated carbocycles. The third-order valence-corrected chi connectivity index (χ3v) is 2.33. The van der Waals surface area contributed by atoms with Crippen molar-refractivity contribution in [3.63, 3.8) is 0 Å². The van der Waals surface area contributed by atoms with Gasteiger partial charge in [0.15, 0.2) is 0 Å². The molecule has 90 valence electrons. The van der Waals surface area contributed by atoms with E-state index >= 15 is 0 Å². The van der Waals surface area contributed by atoms with Gasteiger partial charge in [0, 0.05) is 19.5 Å². The number of rotatable bonds is 7. The van der Waals surface area contributed by atoms with Crippen molar-refractivity contribution in [2.45, 2.75) is 26.7 Å². The number of amides is 1. The number of nitrogens with one attached hydrogen (secondary N) is 2. The van der Waals surface area contributed by atoms with E-state index in [1.165, 1.54) is 0 Å². The lowest BCUT2D eigenvalue weighted by atomic mass is 10.2. The molecule has 0 aromatic carbocycles. The molecule has 4 nitrogen and oxygen atoms in total. The molecule has 0 spiro atoms. The van der Waals surface area contributed by atoms with Crippen LogP contribution in [0.1, 0.15) is 36.4 Å². The first-order valence-corrected chi connectivity index (χ1v) is 5.84. The lowest BCUT2D eigenvalue weighted by Gasteiger charge is -2.05. The van der Waals surface area contributed by atoms with Crippen LogP contribution in [0.2, 0.25) is 0 Å². The summed E-state index contributed by atoms with van der Waals surface area (Å²) >= 11 is 0. The van der Waals surface area contributed by atoms with Gasteiger partial charge in [-0.15, -0.1) is 0 Å². The van der Waals surface area contributed by atoms with Crippen molar-refractivity contribution < 1.29 is 9.21 Å². The monoisotopic (exact) mass is 224 g/mol. The van der Waals surface area contributed by atoms with Gasteiger partial charge in [-0.25, -0.2) is 0 Å². The molecule has 0 aliphatic rings. The van der Waals surface area contributed by atoms with Crippen molar-refractivity contribution in [2.24, 2.45) is 0 Å². The molecule has 0 unspecified atom stereocenters. The number of carbonyl (C=O) groups excluding carboxylic acids is 1. The summed E-state index contributed by atoms with van der Waals surface area (Å²) in [7, 11) is 0. The van der Waals surface area contributed by atoms with Crippen LogP contribution in [0.15, 0.2) is 16.7 Å². The molecule has 4 heteroatoms. The average molecular weight is 224 g/mol. The van der Waals surface area contributed by atoms with Crippen LogP contribution in [0.5, 0.6) is 0 Å². The van der Waals surface area contributed by atoms with E-state index in [4.69, 9.17) is 4.42 Å². The van der Waals surface area contributed by atoms with Crippen molar-refractivity contribution in [1.82, 2.24) is 10.6 Å². The van der Waals surface area contributed by atoms with Gasteiger partial charge in [0.05, 0.1) is 11.8 Å². The highest BCUT2D eigenvalue weighted by atomic mass is 16.3. The number of furan rings is 1. The Balaban J connectivity index is 2.30. The first-order valence-electron chi connectivity index (χ1n) is 5.84. The van der Waals surface area contributed by atoms with Gasteiger partial charge in [-0.2, -0.15) is 0 Å². The van der Waals surface area contributed by atoms with Gasteiger partial charge < -0.3 is 15.1 Å². The van der Waals surface area contributed by atoms with Gasteiger partial charge in [0.25, 0.3) is 5.91 Å². The minimum absolute atomic E-state index is 0.0519. The summed E-state index contributed by atoms with van der Waals surface area (Å²) in [6.07, 6.45) is 3.41. The topological polar surface area (TPSA) is 54.3 Å². The zero-order chi connectivity index (χ0) is 11.8. The fourth-order valence-electron chi connectivity index (χ4n) is 1.48. The Labute approximate surface area is 96.4 Å². The average Bonchev–Trinajstić information content (AvgIpc) is 2.76. The van der Waals surface area contributed by atoms with Crippen LogP contribution in [0, 0.1) is 0 Å². The van der Waals surface area contributed by atoms with Gasteiger partial charge in [-0.3, -0.25) is 4.79 Å². The molecule has 1 amide bonds. The summed E-state index contributed by atoms with van der Waals surface area (Å²) < 4.78 is 5.20. The first kappa shape index (κ1) is 12.8. The van der Waals surface area contributed by atoms with Crippen molar-refractivity contribution in [2.75, 3.05) is 19.6 Å². The lowest BCUT2D eigenvalue weighted by Crippen LogP contribution is -2.32. The third kappa shape index (κ3) is 3.70. The summed E-state index contributed by atoms with van der Waals surface area (Å²) in [6, 6.07) is 1.72.